The maximum atomic E-state index is 9.24. The molecular formula is C8H5NOS. The zero-order chi connectivity index (χ0) is 7.84. The Morgan fingerprint density at radius 2 is 2.45 bits per heavy atom. The van der Waals surface area contributed by atoms with Crippen LogP contribution in [0.5, 0.6) is 0 Å². The van der Waals surface area contributed by atoms with E-state index in [2.05, 4.69) is 5.92 Å². The molecule has 2 nitrogen and oxygen atoms in total. The van der Waals surface area contributed by atoms with E-state index >= 15 is 0 Å². The molecule has 0 saturated heterocycles. The summed E-state index contributed by atoms with van der Waals surface area (Å²) in [6, 6.07) is 1.83. The second-order valence-electron chi connectivity index (χ2n) is 2.17. The van der Waals surface area contributed by atoms with Crippen molar-refractivity contribution in [2.45, 2.75) is 0 Å². The molecule has 0 bridgehead atoms. The van der Waals surface area contributed by atoms with Crippen molar-refractivity contribution in [1.82, 2.24) is 4.73 Å². The van der Waals surface area contributed by atoms with Gasteiger partial charge in [0.1, 0.15) is 0 Å². The molecule has 0 fully saturated rings. The van der Waals surface area contributed by atoms with Crippen LogP contribution in [0.25, 0.3) is 10.2 Å². The van der Waals surface area contributed by atoms with Gasteiger partial charge in [0.25, 0.3) is 0 Å². The first-order valence-corrected chi connectivity index (χ1v) is 3.95. The predicted octanol–water partition coefficient (Wildman–Crippen LogP) is 1.92. The van der Waals surface area contributed by atoms with Crippen molar-refractivity contribution in [3.8, 4) is 12.3 Å². The molecule has 2 heterocycles. The van der Waals surface area contributed by atoms with Crippen LogP contribution in [0, 0.1) is 12.3 Å². The number of aromatic nitrogens is 1. The molecule has 0 unspecified atom stereocenters. The van der Waals surface area contributed by atoms with Crippen LogP contribution in [0.4, 0.5) is 0 Å². The van der Waals surface area contributed by atoms with Crippen LogP contribution in [0.3, 0.4) is 0 Å². The lowest BCUT2D eigenvalue weighted by Crippen LogP contribution is -1.82. The monoisotopic (exact) mass is 163 g/mol. The third-order valence-corrected chi connectivity index (χ3v) is 2.48. The molecule has 3 heteroatoms. The maximum absolute atomic E-state index is 9.24. The van der Waals surface area contributed by atoms with Crippen molar-refractivity contribution in [1.29, 1.82) is 0 Å². The molecule has 1 N–H and O–H groups in total. The normalized spacial score (nSPS) is 10.1. The SMILES string of the molecule is C#Cc1cn(O)c2ccsc12. The standard InChI is InChI=1S/C8H5NOS/c1-2-6-5-9(10)7-3-4-11-8(6)7/h1,3-5,10H. The van der Waals surface area contributed by atoms with E-state index in [1.54, 1.807) is 6.20 Å². The van der Waals surface area contributed by atoms with Gasteiger partial charge >= 0.3 is 0 Å². The lowest BCUT2D eigenvalue weighted by molar-refractivity contribution is 0.200. The second-order valence-corrected chi connectivity index (χ2v) is 3.08. The first-order valence-electron chi connectivity index (χ1n) is 3.07. The molecule has 0 atom stereocenters. The number of nitrogens with zero attached hydrogens (tertiary/aromatic N) is 1. The quantitative estimate of drug-likeness (QED) is 0.466. The zero-order valence-corrected chi connectivity index (χ0v) is 6.43. The van der Waals surface area contributed by atoms with Crippen molar-refractivity contribution >= 4 is 21.6 Å². The number of hydrogen-bond donors (Lipinski definition) is 1. The van der Waals surface area contributed by atoms with E-state index in [4.69, 9.17) is 6.42 Å². The molecule has 2 rings (SSSR count). The third-order valence-electron chi connectivity index (χ3n) is 1.54. The summed E-state index contributed by atoms with van der Waals surface area (Å²) in [5, 5.41) is 11.1. The topological polar surface area (TPSA) is 25.2 Å². The van der Waals surface area contributed by atoms with Crippen molar-refractivity contribution in [3.63, 3.8) is 0 Å². The fourth-order valence-corrected chi connectivity index (χ4v) is 1.89. The van der Waals surface area contributed by atoms with Gasteiger partial charge < -0.3 is 5.21 Å². The molecule has 0 aliphatic heterocycles. The molecule has 0 spiro atoms. The Labute approximate surface area is 67.6 Å². The Bertz CT molecular complexity index is 432. The molecule has 2 aromatic heterocycles. The minimum absolute atomic E-state index is 0.748. The van der Waals surface area contributed by atoms with Gasteiger partial charge in [-0.25, -0.2) is 0 Å². The van der Waals surface area contributed by atoms with Crippen LogP contribution >= 0.6 is 11.3 Å². The van der Waals surface area contributed by atoms with Gasteiger partial charge in [0.2, 0.25) is 0 Å². The fourth-order valence-electron chi connectivity index (χ4n) is 1.04. The van der Waals surface area contributed by atoms with Gasteiger partial charge in [-0.05, 0) is 11.4 Å². The molecule has 54 valence electrons. The van der Waals surface area contributed by atoms with E-state index in [-0.39, 0.29) is 0 Å². The molecule has 0 aliphatic carbocycles. The highest BCUT2D eigenvalue weighted by Crippen LogP contribution is 2.24. The Balaban J connectivity index is 2.94. The van der Waals surface area contributed by atoms with E-state index in [0.717, 1.165) is 20.5 Å². The molecule has 0 aromatic carbocycles. The molecule has 0 saturated carbocycles. The smallest absolute Gasteiger partial charge is 0.0986 e. The van der Waals surface area contributed by atoms with Gasteiger partial charge in [-0.1, -0.05) is 5.92 Å². The first-order chi connectivity index (χ1) is 5.33. The molecule has 0 radical (unpaired) electrons. The van der Waals surface area contributed by atoms with Crippen molar-refractivity contribution < 1.29 is 5.21 Å². The summed E-state index contributed by atoms with van der Waals surface area (Å²) in [4.78, 5) is 0. The lowest BCUT2D eigenvalue weighted by Gasteiger charge is -1.85. The van der Waals surface area contributed by atoms with E-state index in [1.807, 2.05) is 11.4 Å². The Kier molecular flexibility index (Phi) is 1.17. The van der Waals surface area contributed by atoms with Gasteiger partial charge in [-0.15, -0.1) is 17.8 Å². The third kappa shape index (κ3) is 0.733. The molecule has 0 aliphatic rings. The molecule has 0 amide bonds. The number of rotatable bonds is 0. The predicted molar refractivity (Wildman–Crippen MR) is 44.9 cm³/mol. The van der Waals surface area contributed by atoms with Crippen LogP contribution < -0.4 is 0 Å². The fraction of sp³-hybridized carbons (Fsp3) is 0. The van der Waals surface area contributed by atoms with Crippen LogP contribution in [-0.2, 0) is 0 Å². The van der Waals surface area contributed by atoms with Crippen molar-refractivity contribution in [2.24, 2.45) is 0 Å². The molecular weight excluding hydrogens is 158 g/mol. The van der Waals surface area contributed by atoms with Gasteiger partial charge in [0, 0.05) is 0 Å². The lowest BCUT2D eigenvalue weighted by atomic mass is 10.3. The van der Waals surface area contributed by atoms with Crippen LogP contribution in [0.2, 0.25) is 0 Å². The summed E-state index contributed by atoms with van der Waals surface area (Å²) in [5.74, 6) is 2.51. The van der Waals surface area contributed by atoms with Crippen molar-refractivity contribution in [3.05, 3.63) is 23.2 Å². The minimum atomic E-state index is 0.748. The van der Waals surface area contributed by atoms with Gasteiger partial charge in [0.15, 0.2) is 0 Å². The van der Waals surface area contributed by atoms with Gasteiger partial charge in [-0.2, -0.15) is 4.73 Å². The number of fused-ring (bicyclic) bond motifs is 1. The summed E-state index contributed by atoms with van der Waals surface area (Å²) < 4.78 is 2.02. The van der Waals surface area contributed by atoms with Crippen molar-refractivity contribution in [2.75, 3.05) is 0 Å². The Hall–Kier alpha value is -1.40. The van der Waals surface area contributed by atoms with E-state index < -0.39 is 0 Å². The van der Waals surface area contributed by atoms with Crippen LogP contribution in [0.1, 0.15) is 5.56 Å². The van der Waals surface area contributed by atoms with E-state index in [9.17, 15) is 5.21 Å². The largest absolute Gasteiger partial charge is 0.428 e. The van der Waals surface area contributed by atoms with Gasteiger partial charge in [-0.3, -0.25) is 0 Å². The average molecular weight is 163 g/mol. The Morgan fingerprint density at radius 1 is 1.64 bits per heavy atom. The maximum Gasteiger partial charge on any atom is 0.0986 e. The molecule has 11 heavy (non-hydrogen) atoms. The van der Waals surface area contributed by atoms with Gasteiger partial charge in [0.05, 0.1) is 22.0 Å². The van der Waals surface area contributed by atoms with E-state index in [0.29, 0.717) is 0 Å². The van der Waals surface area contributed by atoms with Crippen LogP contribution in [-0.4, -0.2) is 9.94 Å². The number of thiophene rings is 1. The summed E-state index contributed by atoms with van der Waals surface area (Å²) in [5.41, 5.74) is 1.53. The molecule has 2 aromatic rings. The summed E-state index contributed by atoms with van der Waals surface area (Å²) >= 11 is 1.54. The Morgan fingerprint density at radius 3 is 3.18 bits per heavy atom. The average Bonchev–Trinajstić information content (AvgIpc) is 2.54. The zero-order valence-electron chi connectivity index (χ0n) is 5.61. The highest BCUT2D eigenvalue weighted by atomic mass is 32.1. The van der Waals surface area contributed by atoms with Crippen LogP contribution in [0.15, 0.2) is 17.6 Å². The highest BCUT2D eigenvalue weighted by molar-refractivity contribution is 7.17. The number of hydrogen-bond acceptors (Lipinski definition) is 2. The highest BCUT2D eigenvalue weighted by Gasteiger charge is 2.05. The second kappa shape index (κ2) is 2.04. The summed E-state index contributed by atoms with van der Waals surface area (Å²) in [6.07, 6.45) is 6.76. The first kappa shape index (κ1) is 6.32. The summed E-state index contributed by atoms with van der Waals surface area (Å²) in [7, 11) is 0. The minimum Gasteiger partial charge on any atom is -0.428 e. The number of terminal acetylenes is 1. The summed E-state index contributed by atoms with van der Waals surface area (Å²) in [6.45, 7) is 0. The van der Waals surface area contributed by atoms with E-state index in [1.165, 1.54) is 11.3 Å².